The van der Waals surface area contributed by atoms with E-state index in [9.17, 15) is 4.79 Å². The van der Waals surface area contributed by atoms with Crippen LogP contribution in [0.15, 0.2) is 0 Å². The lowest BCUT2D eigenvalue weighted by atomic mass is 10.1. The van der Waals surface area contributed by atoms with Crippen LogP contribution in [0.4, 0.5) is 0 Å². The molecule has 14 nitrogen and oxygen atoms in total. The van der Waals surface area contributed by atoms with E-state index in [1.54, 1.807) is 0 Å². The predicted molar refractivity (Wildman–Crippen MR) is 208 cm³/mol. The first kappa shape index (κ1) is 53.0. The van der Waals surface area contributed by atoms with Gasteiger partial charge in [-0.2, -0.15) is 0 Å². The Bertz CT molecular complexity index is 691. The largest absolute Gasteiger partial charge is 0.463 e. The minimum absolute atomic E-state index is 0.141. The van der Waals surface area contributed by atoms with E-state index in [4.69, 9.17) is 61.6 Å². The van der Waals surface area contributed by atoms with Crippen molar-refractivity contribution in [2.24, 2.45) is 0 Å². The Morgan fingerprint density at radius 2 is 0.481 bits per heavy atom. The predicted octanol–water partition coefficient (Wildman–Crippen LogP) is 5.45. The maximum Gasteiger partial charge on any atom is 0.305 e. The number of carbonyl (C=O) groups excluding carboxylic acids is 1. The standard InChI is InChI=1S/C40H80O14/c1-3-5-7-9-10-11-12-14-40(41)54-39-38-53-37-36-52-35-34-51-33-32-50-31-30-49-29-28-48-27-26-47-25-24-46-23-22-45-21-20-44-19-18-43-17-16-42-15-13-8-6-4-2/h3-39H2,1-2H3. The van der Waals surface area contributed by atoms with E-state index >= 15 is 0 Å². The highest BCUT2D eigenvalue weighted by atomic mass is 16.6. The fraction of sp³-hybridized carbons (Fsp3) is 0.975. The second-order valence-electron chi connectivity index (χ2n) is 12.5. The van der Waals surface area contributed by atoms with Crippen molar-refractivity contribution in [3.05, 3.63) is 0 Å². The molecule has 0 fully saturated rings. The first-order valence-electron chi connectivity index (χ1n) is 20.9. The van der Waals surface area contributed by atoms with Gasteiger partial charge in [0.25, 0.3) is 0 Å². The molecule has 0 amide bonds. The molecule has 0 rings (SSSR count). The van der Waals surface area contributed by atoms with Crippen LogP contribution >= 0.6 is 0 Å². The third-order valence-electron chi connectivity index (χ3n) is 7.71. The van der Waals surface area contributed by atoms with Crippen molar-refractivity contribution in [3.63, 3.8) is 0 Å². The van der Waals surface area contributed by atoms with Crippen molar-refractivity contribution in [3.8, 4) is 0 Å². The number of esters is 1. The lowest BCUT2D eigenvalue weighted by molar-refractivity contribution is -0.145. The zero-order valence-electron chi connectivity index (χ0n) is 34.4. The summed E-state index contributed by atoms with van der Waals surface area (Å²) in [4.78, 5) is 11.7. The summed E-state index contributed by atoms with van der Waals surface area (Å²) in [5.74, 6) is -0.141. The average molecular weight is 785 g/mol. The highest BCUT2D eigenvalue weighted by Crippen LogP contribution is 2.08. The molecule has 0 saturated heterocycles. The summed E-state index contributed by atoms with van der Waals surface area (Å²) < 4.78 is 71.1. The third kappa shape index (κ3) is 49.0. The fourth-order valence-electron chi connectivity index (χ4n) is 4.67. The molecule has 0 aromatic carbocycles. The number of rotatable bonds is 49. The summed E-state index contributed by atoms with van der Waals surface area (Å²) >= 11 is 0. The monoisotopic (exact) mass is 785 g/mol. The number of carbonyl (C=O) groups is 1. The molecule has 14 heteroatoms. The highest BCUT2D eigenvalue weighted by molar-refractivity contribution is 5.69. The van der Waals surface area contributed by atoms with Crippen molar-refractivity contribution in [1.82, 2.24) is 0 Å². The van der Waals surface area contributed by atoms with E-state index in [-0.39, 0.29) is 12.6 Å². The van der Waals surface area contributed by atoms with E-state index in [0.717, 1.165) is 25.9 Å². The lowest BCUT2D eigenvalue weighted by Gasteiger charge is -2.09. The molecule has 0 radical (unpaired) electrons. The van der Waals surface area contributed by atoms with Crippen molar-refractivity contribution in [2.75, 3.05) is 165 Å². The first-order valence-corrected chi connectivity index (χ1v) is 20.9. The molecule has 0 spiro atoms. The van der Waals surface area contributed by atoms with Crippen LogP contribution in [0.3, 0.4) is 0 Å². The van der Waals surface area contributed by atoms with Crippen LogP contribution in [0.1, 0.15) is 90.9 Å². The lowest BCUT2D eigenvalue weighted by Crippen LogP contribution is -2.15. The van der Waals surface area contributed by atoms with Gasteiger partial charge >= 0.3 is 5.97 Å². The van der Waals surface area contributed by atoms with Gasteiger partial charge in [0.1, 0.15) is 6.61 Å². The van der Waals surface area contributed by atoms with Gasteiger partial charge in [-0.05, 0) is 12.8 Å². The summed E-state index contributed by atoms with van der Waals surface area (Å²) in [5, 5.41) is 0. The summed E-state index contributed by atoms with van der Waals surface area (Å²) in [6, 6.07) is 0. The third-order valence-corrected chi connectivity index (χ3v) is 7.71. The Hall–Kier alpha value is -1.01. The van der Waals surface area contributed by atoms with E-state index in [2.05, 4.69) is 13.8 Å². The highest BCUT2D eigenvalue weighted by Gasteiger charge is 2.03. The summed E-state index contributed by atoms with van der Waals surface area (Å²) in [6.07, 6.45) is 13.7. The Balaban J connectivity index is 3.09. The molecule has 0 saturated carbocycles. The zero-order chi connectivity index (χ0) is 38.9. The normalized spacial score (nSPS) is 11.5. The topological polar surface area (TPSA) is 137 Å². The van der Waals surface area contributed by atoms with Crippen molar-refractivity contribution in [1.29, 1.82) is 0 Å². The summed E-state index contributed by atoms with van der Waals surface area (Å²) in [5.41, 5.74) is 0. The quantitative estimate of drug-likeness (QED) is 0.0571. The second kappa shape index (κ2) is 50.0. The van der Waals surface area contributed by atoms with Crippen LogP contribution in [0.25, 0.3) is 0 Å². The molecule has 0 aliphatic carbocycles. The molecular formula is C40H80O14. The number of unbranched alkanes of at least 4 members (excludes halogenated alkanes) is 9. The molecule has 0 N–H and O–H groups in total. The molecule has 54 heavy (non-hydrogen) atoms. The molecule has 0 aromatic heterocycles. The number of hydrogen-bond acceptors (Lipinski definition) is 14. The Kier molecular flexibility index (Phi) is 49.1. The van der Waals surface area contributed by atoms with Crippen molar-refractivity contribution < 1.29 is 66.4 Å². The van der Waals surface area contributed by atoms with Gasteiger partial charge in [0, 0.05) is 13.0 Å². The molecule has 0 aromatic rings. The summed E-state index contributed by atoms with van der Waals surface area (Å²) in [7, 11) is 0. The van der Waals surface area contributed by atoms with Crippen LogP contribution in [-0.4, -0.2) is 171 Å². The maximum atomic E-state index is 11.7. The van der Waals surface area contributed by atoms with Gasteiger partial charge in [-0.25, -0.2) is 0 Å². The molecule has 0 aliphatic heterocycles. The Morgan fingerprint density at radius 3 is 0.778 bits per heavy atom. The van der Waals surface area contributed by atoms with E-state index in [0.29, 0.717) is 158 Å². The van der Waals surface area contributed by atoms with Gasteiger partial charge in [0.2, 0.25) is 0 Å². The molecular weight excluding hydrogens is 704 g/mol. The van der Waals surface area contributed by atoms with Crippen molar-refractivity contribution in [2.45, 2.75) is 90.9 Å². The fourth-order valence-corrected chi connectivity index (χ4v) is 4.67. The minimum Gasteiger partial charge on any atom is -0.463 e. The molecule has 0 unspecified atom stereocenters. The van der Waals surface area contributed by atoms with Gasteiger partial charge in [0.15, 0.2) is 0 Å². The summed E-state index contributed by atoms with van der Waals surface area (Å²) in [6.45, 7) is 17.3. The molecule has 0 heterocycles. The Labute approximate surface area is 328 Å². The van der Waals surface area contributed by atoms with Crippen LogP contribution in [0.5, 0.6) is 0 Å². The molecule has 0 bridgehead atoms. The van der Waals surface area contributed by atoms with Crippen LogP contribution in [0, 0.1) is 0 Å². The van der Waals surface area contributed by atoms with Crippen molar-refractivity contribution >= 4 is 5.97 Å². The van der Waals surface area contributed by atoms with Gasteiger partial charge < -0.3 is 61.6 Å². The van der Waals surface area contributed by atoms with Gasteiger partial charge in [-0.15, -0.1) is 0 Å². The molecule has 0 aliphatic rings. The number of ether oxygens (including phenoxy) is 13. The zero-order valence-corrected chi connectivity index (χ0v) is 34.4. The molecule has 0 atom stereocenters. The van der Waals surface area contributed by atoms with Gasteiger partial charge in [-0.1, -0.05) is 71.6 Å². The average Bonchev–Trinajstić information content (AvgIpc) is 3.18. The van der Waals surface area contributed by atoms with E-state index in [1.807, 2.05) is 0 Å². The molecule has 324 valence electrons. The van der Waals surface area contributed by atoms with Gasteiger partial charge in [0.05, 0.1) is 152 Å². The second-order valence-corrected chi connectivity index (χ2v) is 12.5. The first-order chi connectivity index (χ1) is 26.8. The SMILES string of the molecule is CCCCCCCCCC(=O)OCCOCCOCCOCCOCCOCCOCCOCCOCCOCCOCCOCCOCCCCCC. The van der Waals surface area contributed by atoms with E-state index in [1.165, 1.54) is 51.4 Å². The number of hydrogen-bond donors (Lipinski definition) is 0. The minimum atomic E-state index is -0.141. The van der Waals surface area contributed by atoms with Gasteiger partial charge in [-0.3, -0.25) is 4.79 Å². The maximum absolute atomic E-state index is 11.7. The van der Waals surface area contributed by atoms with Crippen LogP contribution in [0.2, 0.25) is 0 Å². The van der Waals surface area contributed by atoms with Crippen LogP contribution in [-0.2, 0) is 66.4 Å². The van der Waals surface area contributed by atoms with Crippen LogP contribution < -0.4 is 0 Å². The Morgan fingerprint density at radius 1 is 0.259 bits per heavy atom. The van der Waals surface area contributed by atoms with E-state index < -0.39 is 0 Å². The smallest absolute Gasteiger partial charge is 0.305 e.